The Balaban J connectivity index is 1.40. The average molecular weight is 374 g/mol. The van der Waals surface area contributed by atoms with E-state index >= 15 is 0 Å². The molecule has 0 saturated carbocycles. The molecule has 0 atom stereocenters. The summed E-state index contributed by atoms with van der Waals surface area (Å²) in [5, 5.41) is 4.99. The molecule has 2 aliphatic rings. The van der Waals surface area contributed by atoms with Crippen LogP contribution >= 0.6 is 23.1 Å². The largest absolute Gasteiger partial charge is 0.342 e. The minimum absolute atomic E-state index is 0.0773. The van der Waals surface area contributed by atoms with Crippen LogP contribution < -0.4 is 5.32 Å². The fraction of sp³-hybridized carbons (Fsp3) is 0.389. The van der Waals surface area contributed by atoms with Gasteiger partial charge in [0.25, 0.3) is 0 Å². The van der Waals surface area contributed by atoms with Gasteiger partial charge in [-0.3, -0.25) is 9.59 Å². The standard InChI is InChI=1S/C18H19N3O2S2/c1-12-10-24-17(19-12)25-11-15(22)21-8-6-18(7-9-21)13-4-2-3-5-14(13)20-16(18)23/h2-5,10H,6-9,11H2,1H3,(H,20,23). The van der Waals surface area contributed by atoms with Gasteiger partial charge in [-0.25, -0.2) is 4.98 Å². The number of nitrogens with zero attached hydrogens (tertiary/aromatic N) is 2. The van der Waals surface area contributed by atoms with Crippen LogP contribution in [0.2, 0.25) is 0 Å². The number of amides is 2. The van der Waals surface area contributed by atoms with Crippen molar-refractivity contribution in [3.05, 3.63) is 40.9 Å². The van der Waals surface area contributed by atoms with Gasteiger partial charge >= 0.3 is 0 Å². The van der Waals surface area contributed by atoms with Crippen molar-refractivity contribution in [3.8, 4) is 0 Å². The number of carbonyl (C=O) groups excluding carboxylic acids is 2. The van der Waals surface area contributed by atoms with Gasteiger partial charge in [-0.1, -0.05) is 30.0 Å². The number of hydrogen-bond donors (Lipinski definition) is 1. The van der Waals surface area contributed by atoms with Crippen molar-refractivity contribution in [3.63, 3.8) is 0 Å². The molecule has 0 aliphatic carbocycles. The molecular formula is C18H19N3O2S2. The summed E-state index contributed by atoms with van der Waals surface area (Å²) < 4.78 is 0.934. The Morgan fingerprint density at radius 3 is 2.84 bits per heavy atom. The lowest BCUT2D eigenvalue weighted by atomic mass is 9.73. The lowest BCUT2D eigenvalue weighted by Gasteiger charge is -2.38. The number of hydrogen-bond acceptors (Lipinski definition) is 5. The fourth-order valence-corrected chi connectivity index (χ4v) is 5.37. The monoisotopic (exact) mass is 373 g/mol. The van der Waals surface area contributed by atoms with E-state index in [4.69, 9.17) is 0 Å². The van der Waals surface area contributed by atoms with Crippen LogP contribution in [0.5, 0.6) is 0 Å². The second-order valence-electron chi connectivity index (χ2n) is 6.51. The molecule has 0 radical (unpaired) electrons. The number of rotatable bonds is 3. The maximum absolute atomic E-state index is 12.6. The van der Waals surface area contributed by atoms with E-state index in [1.54, 1.807) is 11.3 Å². The summed E-state index contributed by atoms with van der Waals surface area (Å²) in [5.74, 6) is 0.607. The molecule has 1 N–H and O–H groups in total. The van der Waals surface area contributed by atoms with Gasteiger partial charge in [0.15, 0.2) is 4.34 Å². The molecule has 1 aromatic heterocycles. The predicted molar refractivity (Wildman–Crippen MR) is 100 cm³/mol. The number of thioether (sulfide) groups is 1. The summed E-state index contributed by atoms with van der Waals surface area (Å²) in [7, 11) is 0. The lowest BCUT2D eigenvalue weighted by molar-refractivity contribution is -0.132. The molecule has 130 valence electrons. The fourth-order valence-electron chi connectivity index (χ4n) is 3.62. The van der Waals surface area contributed by atoms with Gasteiger partial charge in [-0.15, -0.1) is 11.3 Å². The van der Waals surface area contributed by atoms with E-state index in [2.05, 4.69) is 10.3 Å². The zero-order valence-corrected chi connectivity index (χ0v) is 15.6. The Morgan fingerprint density at radius 2 is 2.12 bits per heavy atom. The first-order valence-electron chi connectivity index (χ1n) is 8.32. The van der Waals surface area contributed by atoms with Gasteiger partial charge in [0, 0.05) is 29.9 Å². The smallest absolute Gasteiger partial charge is 0.235 e. The summed E-state index contributed by atoms with van der Waals surface area (Å²) in [6.07, 6.45) is 1.37. The highest BCUT2D eigenvalue weighted by Crippen LogP contribution is 2.44. The highest BCUT2D eigenvalue weighted by molar-refractivity contribution is 8.01. The topological polar surface area (TPSA) is 62.3 Å². The van der Waals surface area contributed by atoms with Crippen molar-refractivity contribution < 1.29 is 9.59 Å². The van der Waals surface area contributed by atoms with E-state index < -0.39 is 5.41 Å². The average Bonchev–Trinajstić information content (AvgIpc) is 3.16. The van der Waals surface area contributed by atoms with Gasteiger partial charge in [0.05, 0.1) is 11.2 Å². The summed E-state index contributed by atoms with van der Waals surface area (Å²) in [4.78, 5) is 31.3. The number of thiazole rings is 1. The van der Waals surface area contributed by atoms with E-state index in [1.807, 2.05) is 41.5 Å². The Hall–Kier alpha value is -1.86. The maximum atomic E-state index is 12.6. The first kappa shape index (κ1) is 16.6. The molecule has 1 fully saturated rings. The minimum Gasteiger partial charge on any atom is -0.342 e. The van der Waals surface area contributed by atoms with Crippen molar-refractivity contribution in [2.75, 3.05) is 24.2 Å². The van der Waals surface area contributed by atoms with Crippen LogP contribution in [-0.4, -0.2) is 40.5 Å². The quantitative estimate of drug-likeness (QED) is 0.840. The van der Waals surface area contributed by atoms with E-state index in [9.17, 15) is 9.59 Å². The van der Waals surface area contributed by atoms with Crippen LogP contribution in [0.15, 0.2) is 34.0 Å². The Bertz CT molecular complexity index is 825. The molecule has 5 nitrogen and oxygen atoms in total. The normalized spacial score (nSPS) is 18.3. The van der Waals surface area contributed by atoms with Crippen LogP contribution in [0.25, 0.3) is 0 Å². The molecular weight excluding hydrogens is 354 g/mol. The minimum atomic E-state index is -0.465. The summed E-state index contributed by atoms with van der Waals surface area (Å²) in [5.41, 5.74) is 2.53. The number of fused-ring (bicyclic) bond motifs is 2. The maximum Gasteiger partial charge on any atom is 0.235 e. The van der Waals surface area contributed by atoms with Gasteiger partial charge in [-0.2, -0.15) is 0 Å². The molecule has 2 amide bonds. The van der Waals surface area contributed by atoms with Gasteiger partial charge in [-0.05, 0) is 31.4 Å². The van der Waals surface area contributed by atoms with Gasteiger partial charge in [0.1, 0.15) is 0 Å². The number of aryl methyl sites for hydroxylation is 1. The number of carbonyl (C=O) groups is 2. The third-order valence-electron chi connectivity index (χ3n) is 5.01. The second-order valence-corrected chi connectivity index (χ2v) is 8.59. The van der Waals surface area contributed by atoms with E-state index in [-0.39, 0.29) is 11.8 Å². The third kappa shape index (κ3) is 2.95. The molecule has 7 heteroatoms. The number of aromatic nitrogens is 1. The van der Waals surface area contributed by atoms with Crippen molar-refractivity contribution in [1.82, 2.24) is 9.88 Å². The van der Waals surface area contributed by atoms with Crippen molar-refractivity contribution >= 4 is 40.6 Å². The highest BCUT2D eigenvalue weighted by Gasteiger charge is 2.48. The SMILES string of the molecule is Cc1csc(SCC(=O)N2CCC3(CC2)C(=O)Nc2ccccc23)n1. The van der Waals surface area contributed by atoms with Crippen LogP contribution in [-0.2, 0) is 15.0 Å². The first-order valence-corrected chi connectivity index (χ1v) is 10.2. The Morgan fingerprint density at radius 1 is 1.36 bits per heavy atom. The molecule has 1 spiro atoms. The summed E-state index contributed by atoms with van der Waals surface area (Å²) >= 11 is 3.07. The second kappa shape index (κ2) is 6.46. The van der Waals surface area contributed by atoms with E-state index in [1.165, 1.54) is 11.8 Å². The van der Waals surface area contributed by atoms with Gasteiger partial charge in [0.2, 0.25) is 11.8 Å². The van der Waals surface area contributed by atoms with E-state index in [0.717, 1.165) is 21.3 Å². The van der Waals surface area contributed by atoms with Crippen LogP contribution in [0.3, 0.4) is 0 Å². The number of benzene rings is 1. The molecule has 3 heterocycles. The van der Waals surface area contributed by atoms with Crippen LogP contribution in [0.4, 0.5) is 5.69 Å². The molecule has 4 rings (SSSR count). The van der Waals surface area contributed by atoms with Crippen molar-refractivity contribution in [2.45, 2.75) is 29.5 Å². The highest BCUT2D eigenvalue weighted by atomic mass is 32.2. The zero-order chi connectivity index (χ0) is 17.4. The van der Waals surface area contributed by atoms with E-state index in [0.29, 0.717) is 31.7 Å². The lowest BCUT2D eigenvalue weighted by Crippen LogP contribution is -2.48. The first-order chi connectivity index (χ1) is 12.1. The third-order valence-corrected chi connectivity index (χ3v) is 7.14. The number of para-hydroxylation sites is 1. The Kier molecular flexibility index (Phi) is 4.29. The molecule has 25 heavy (non-hydrogen) atoms. The van der Waals surface area contributed by atoms with Crippen LogP contribution in [0, 0.1) is 6.92 Å². The molecule has 1 aromatic carbocycles. The predicted octanol–water partition coefficient (Wildman–Crippen LogP) is 3.06. The number of piperidine rings is 1. The zero-order valence-electron chi connectivity index (χ0n) is 13.9. The van der Waals surface area contributed by atoms with Crippen LogP contribution in [0.1, 0.15) is 24.1 Å². The number of anilines is 1. The summed E-state index contributed by atoms with van der Waals surface area (Å²) in [6, 6.07) is 7.90. The molecule has 2 aliphatic heterocycles. The molecule has 0 bridgehead atoms. The molecule has 0 unspecified atom stereocenters. The Labute approximate surface area is 154 Å². The number of nitrogens with one attached hydrogen (secondary N) is 1. The summed E-state index contributed by atoms with van der Waals surface area (Å²) in [6.45, 7) is 3.20. The molecule has 1 saturated heterocycles. The van der Waals surface area contributed by atoms with Crippen molar-refractivity contribution in [1.29, 1.82) is 0 Å². The van der Waals surface area contributed by atoms with Crippen molar-refractivity contribution in [2.24, 2.45) is 0 Å². The molecule has 2 aromatic rings. The number of likely N-dealkylation sites (tertiary alicyclic amines) is 1. The van der Waals surface area contributed by atoms with Gasteiger partial charge < -0.3 is 10.2 Å².